The Bertz CT molecular complexity index is 331. The molecular formula is C10H17FN4O. The van der Waals surface area contributed by atoms with E-state index in [1.165, 1.54) is 0 Å². The monoisotopic (exact) mass is 228 g/mol. The van der Waals surface area contributed by atoms with E-state index >= 15 is 0 Å². The normalized spacial score (nSPS) is 10.8. The first kappa shape index (κ1) is 12.6. The summed E-state index contributed by atoms with van der Waals surface area (Å²) in [4.78, 5) is 9.36. The molecule has 0 aliphatic carbocycles. The van der Waals surface area contributed by atoms with E-state index in [-0.39, 0.29) is 11.8 Å². The van der Waals surface area contributed by atoms with Crippen molar-refractivity contribution in [2.24, 2.45) is 0 Å². The SMILES string of the molecule is CCN(CC)CCOc1nc(N)ncc1F. The summed E-state index contributed by atoms with van der Waals surface area (Å²) in [6, 6.07) is 0. The molecule has 0 saturated carbocycles. The number of halogens is 1. The molecule has 1 aromatic heterocycles. The minimum Gasteiger partial charge on any atom is -0.474 e. The number of rotatable bonds is 6. The fraction of sp³-hybridized carbons (Fsp3) is 0.600. The highest BCUT2D eigenvalue weighted by atomic mass is 19.1. The van der Waals surface area contributed by atoms with E-state index < -0.39 is 5.82 Å². The van der Waals surface area contributed by atoms with Gasteiger partial charge in [0.25, 0.3) is 5.88 Å². The van der Waals surface area contributed by atoms with Crippen LogP contribution >= 0.6 is 0 Å². The Balaban J connectivity index is 2.45. The minimum absolute atomic E-state index is 0.0132. The van der Waals surface area contributed by atoms with E-state index in [0.29, 0.717) is 6.61 Å². The molecule has 6 heteroatoms. The van der Waals surface area contributed by atoms with Crippen molar-refractivity contribution in [3.05, 3.63) is 12.0 Å². The molecule has 0 bridgehead atoms. The first-order chi connectivity index (χ1) is 7.67. The molecule has 0 unspecified atom stereocenters. The van der Waals surface area contributed by atoms with Crippen molar-refractivity contribution in [1.29, 1.82) is 0 Å². The zero-order chi connectivity index (χ0) is 12.0. The quantitative estimate of drug-likeness (QED) is 0.784. The van der Waals surface area contributed by atoms with Crippen LogP contribution in [0, 0.1) is 5.82 Å². The van der Waals surface area contributed by atoms with Crippen molar-refractivity contribution in [2.75, 3.05) is 32.0 Å². The molecule has 1 rings (SSSR count). The molecule has 0 radical (unpaired) electrons. The third-order valence-electron chi connectivity index (χ3n) is 2.27. The molecular weight excluding hydrogens is 211 g/mol. The van der Waals surface area contributed by atoms with Crippen LogP contribution in [0.1, 0.15) is 13.8 Å². The predicted molar refractivity (Wildman–Crippen MR) is 59.7 cm³/mol. The Hall–Kier alpha value is -1.43. The van der Waals surface area contributed by atoms with Crippen molar-refractivity contribution in [1.82, 2.24) is 14.9 Å². The van der Waals surface area contributed by atoms with Crippen molar-refractivity contribution < 1.29 is 9.13 Å². The number of likely N-dealkylation sites (N-methyl/N-ethyl adjacent to an activating group) is 1. The smallest absolute Gasteiger partial charge is 0.255 e. The molecule has 0 saturated heterocycles. The molecule has 16 heavy (non-hydrogen) atoms. The topological polar surface area (TPSA) is 64.3 Å². The average Bonchev–Trinajstić information content (AvgIpc) is 2.29. The zero-order valence-corrected chi connectivity index (χ0v) is 9.61. The highest BCUT2D eigenvalue weighted by Gasteiger charge is 2.07. The second-order valence-corrected chi connectivity index (χ2v) is 3.26. The summed E-state index contributed by atoms with van der Waals surface area (Å²) in [6.45, 7) is 7.12. The second-order valence-electron chi connectivity index (χ2n) is 3.26. The number of aromatic nitrogens is 2. The number of hydrogen-bond acceptors (Lipinski definition) is 5. The van der Waals surface area contributed by atoms with Gasteiger partial charge in [-0.25, -0.2) is 4.98 Å². The molecule has 90 valence electrons. The number of nitrogens with zero attached hydrogens (tertiary/aromatic N) is 3. The van der Waals surface area contributed by atoms with Gasteiger partial charge in [0.05, 0.1) is 6.20 Å². The number of hydrogen-bond donors (Lipinski definition) is 1. The molecule has 1 aromatic rings. The first-order valence-corrected chi connectivity index (χ1v) is 5.30. The molecule has 0 fully saturated rings. The third kappa shape index (κ3) is 3.62. The molecule has 5 nitrogen and oxygen atoms in total. The van der Waals surface area contributed by atoms with E-state index in [1.807, 2.05) is 0 Å². The number of nitrogen functional groups attached to an aromatic ring is 1. The van der Waals surface area contributed by atoms with Crippen molar-refractivity contribution in [3.63, 3.8) is 0 Å². The molecule has 2 N–H and O–H groups in total. The maximum absolute atomic E-state index is 13.1. The van der Waals surface area contributed by atoms with Gasteiger partial charge < -0.3 is 15.4 Å². The van der Waals surface area contributed by atoms with E-state index in [2.05, 4.69) is 28.7 Å². The standard InChI is InChI=1S/C10H17FN4O/c1-3-15(4-2)5-6-16-9-8(11)7-13-10(12)14-9/h7H,3-6H2,1-2H3,(H2,12,13,14). The van der Waals surface area contributed by atoms with Crippen molar-refractivity contribution in [2.45, 2.75) is 13.8 Å². The molecule has 0 aliphatic heterocycles. The van der Waals surface area contributed by atoms with Crippen molar-refractivity contribution >= 4 is 5.95 Å². The fourth-order valence-corrected chi connectivity index (χ4v) is 1.28. The largest absolute Gasteiger partial charge is 0.474 e. The van der Waals surface area contributed by atoms with Gasteiger partial charge in [-0.3, -0.25) is 0 Å². The van der Waals surface area contributed by atoms with Crippen LogP contribution in [0.4, 0.5) is 10.3 Å². The van der Waals surface area contributed by atoms with E-state index in [1.54, 1.807) is 0 Å². The lowest BCUT2D eigenvalue weighted by molar-refractivity contribution is 0.211. The average molecular weight is 228 g/mol. The van der Waals surface area contributed by atoms with Crippen LogP contribution in [0.25, 0.3) is 0 Å². The molecule has 0 atom stereocenters. The van der Waals surface area contributed by atoms with Crippen LogP contribution in [0.5, 0.6) is 5.88 Å². The van der Waals surface area contributed by atoms with Gasteiger partial charge in [0.2, 0.25) is 11.8 Å². The summed E-state index contributed by atoms with van der Waals surface area (Å²) in [5.74, 6) is -0.660. The fourth-order valence-electron chi connectivity index (χ4n) is 1.28. The van der Waals surface area contributed by atoms with Crippen molar-refractivity contribution in [3.8, 4) is 5.88 Å². The Labute approximate surface area is 94.4 Å². The highest BCUT2D eigenvalue weighted by molar-refractivity contribution is 5.22. The summed E-state index contributed by atoms with van der Waals surface area (Å²) in [5.41, 5.74) is 5.33. The molecule has 0 aliphatic rings. The molecule has 1 heterocycles. The van der Waals surface area contributed by atoms with Crippen LogP contribution < -0.4 is 10.5 Å². The minimum atomic E-state index is -0.589. The Morgan fingerprint density at radius 2 is 2.12 bits per heavy atom. The molecule has 0 spiro atoms. The predicted octanol–water partition coefficient (Wildman–Crippen LogP) is 0.918. The van der Waals surface area contributed by atoms with Crippen LogP contribution in [-0.2, 0) is 0 Å². The zero-order valence-electron chi connectivity index (χ0n) is 9.61. The van der Waals surface area contributed by atoms with Gasteiger partial charge in [-0.05, 0) is 13.1 Å². The van der Waals surface area contributed by atoms with Crippen LogP contribution in [0.3, 0.4) is 0 Å². The van der Waals surface area contributed by atoms with Crippen LogP contribution in [0.15, 0.2) is 6.20 Å². The summed E-state index contributed by atoms with van der Waals surface area (Å²) in [7, 11) is 0. The lowest BCUT2D eigenvalue weighted by Gasteiger charge is -2.17. The Morgan fingerprint density at radius 1 is 1.44 bits per heavy atom. The maximum Gasteiger partial charge on any atom is 0.255 e. The summed E-state index contributed by atoms with van der Waals surface area (Å²) >= 11 is 0. The van der Waals surface area contributed by atoms with Crippen LogP contribution in [0.2, 0.25) is 0 Å². The maximum atomic E-state index is 13.1. The molecule has 0 amide bonds. The van der Waals surface area contributed by atoms with Crippen LogP contribution in [-0.4, -0.2) is 41.1 Å². The summed E-state index contributed by atoms with van der Waals surface area (Å²) in [5, 5.41) is 0. The lowest BCUT2D eigenvalue weighted by atomic mass is 10.5. The number of anilines is 1. The molecule has 0 aromatic carbocycles. The van der Waals surface area contributed by atoms with Gasteiger partial charge in [0.15, 0.2) is 0 Å². The van der Waals surface area contributed by atoms with Gasteiger partial charge in [-0.2, -0.15) is 9.37 Å². The van der Waals surface area contributed by atoms with Gasteiger partial charge in [-0.1, -0.05) is 13.8 Å². The first-order valence-electron chi connectivity index (χ1n) is 5.30. The van der Waals surface area contributed by atoms with Gasteiger partial charge >= 0.3 is 0 Å². The highest BCUT2D eigenvalue weighted by Crippen LogP contribution is 2.12. The lowest BCUT2D eigenvalue weighted by Crippen LogP contribution is -2.28. The third-order valence-corrected chi connectivity index (χ3v) is 2.27. The van der Waals surface area contributed by atoms with E-state index in [4.69, 9.17) is 10.5 Å². The van der Waals surface area contributed by atoms with Gasteiger partial charge in [-0.15, -0.1) is 0 Å². The van der Waals surface area contributed by atoms with Gasteiger partial charge in [0.1, 0.15) is 6.61 Å². The van der Waals surface area contributed by atoms with E-state index in [9.17, 15) is 4.39 Å². The Kier molecular flexibility index (Phi) is 4.91. The van der Waals surface area contributed by atoms with Gasteiger partial charge in [0, 0.05) is 6.54 Å². The number of ether oxygens (including phenoxy) is 1. The van der Waals surface area contributed by atoms with E-state index in [0.717, 1.165) is 25.8 Å². The number of nitrogens with two attached hydrogens (primary N) is 1. The second kappa shape index (κ2) is 6.22. The summed E-state index contributed by atoms with van der Waals surface area (Å²) < 4.78 is 18.3. The summed E-state index contributed by atoms with van der Waals surface area (Å²) in [6.07, 6.45) is 1.01. The Morgan fingerprint density at radius 3 is 2.75 bits per heavy atom.